The van der Waals surface area contributed by atoms with E-state index >= 15 is 0 Å². The molecular weight excluding hydrogens is 208 g/mol. The molecule has 0 fully saturated rings. The maximum absolute atomic E-state index is 10.9. The van der Waals surface area contributed by atoms with Crippen LogP contribution in [-0.2, 0) is 0 Å². The highest BCUT2D eigenvalue weighted by Crippen LogP contribution is 2.17. The van der Waals surface area contributed by atoms with E-state index in [0.717, 1.165) is 0 Å². The first-order chi connectivity index (χ1) is 5.15. The number of hydrogen-bond donors (Lipinski definition) is 1. The lowest BCUT2D eigenvalue weighted by atomic mass is 10.3. The van der Waals surface area contributed by atoms with Crippen LogP contribution < -0.4 is 5.56 Å². The monoisotopic (exact) mass is 212 g/mol. The summed E-state index contributed by atoms with van der Waals surface area (Å²) < 4.78 is 0.397. The Morgan fingerprint density at radius 1 is 1.73 bits per heavy atom. The zero-order valence-electron chi connectivity index (χ0n) is 5.81. The number of H-pyrrole nitrogens is 1. The van der Waals surface area contributed by atoms with Crippen molar-refractivity contribution in [3.05, 3.63) is 38.0 Å². The van der Waals surface area contributed by atoms with Crippen molar-refractivity contribution in [1.82, 2.24) is 4.98 Å². The molecule has 11 heavy (non-hydrogen) atoms. The maximum atomic E-state index is 10.9. The lowest BCUT2D eigenvalue weighted by Crippen LogP contribution is -2.06. The van der Waals surface area contributed by atoms with Crippen molar-refractivity contribution >= 4 is 21.6 Å². The van der Waals surface area contributed by atoms with Crippen molar-refractivity contribution < 1.29 is 0 Å². The summed E-state index contributed by atoms with van der Waals surface area (Å²) in [5.41, 5.74) is 0.875. The average molecular weight is 213 g/mol. The van der Waals surface area contributed by atoms with E-state index in [1.54, 1.807) is 6.92 Å². The molecule has 0 aliphatic heterocycles. The van der Waals surface area contributed by atoms with Crippen LogP contribution in [0.15, 0.2) is 15.3 Å². The number of nitrogens with zero attached hydrogens (tertiary/aromatic N) is 1. The van der Waals surface area contributed by atoms with Gasteiger partial charge >= 0.3 is 0 Å². The fourth-order valence-electron chi connectivity index (χ4n) is 0.704. The highest BCUT2D eigenvalue weighted by Gasteiger charge is 2.01. The quantitative estimate of drug-likeness (QED) is 0.657. The standard InChI is InChI=1S/C7H5BrN2O/c1-4-6(9-2)3-5(8)7(11)10-4/h3H,1H3,(H,10,11). The second-order valence-electron chi connectivity index (χ2n) is 2.07. The molecule has 0 radical (unpaired) electrons. The van der Waals surface area contributed by atoms with Crippen molar-refractivity contribution in [3.63, 3.8) is 0 Å². The van der Waals surface area contributed by atoms with Gasteiger partial charge in [0.05, 0.1) is 11.0 Å². The summed E-state index contributed by atoms with van der Waals surface area (Å²) in [6.45, 7) is 8.43. The topological polar surface area (TPSA) is 37.2 Å². The number of rotatable bonds is 0. The normalized spacial score (nSPS) is 9.18. The minimum Gasteiger partial charge on any atom is -0.335 e. The van der Waals surface area contributed by atoms with Gasteiger partial charge in [0.2, 0.25) is 5.69 Å². The van der Waals surface area contributed by atoms with E-state index in [1.807, 2.05) is 0 Å². The Hall–Kier alpha value is -1.08. The molecule has 0 atom stereocenters. The summed E-state index contributed by atoms with van der Waals surface area (Å²) in [5, 5.41) is 0. The van der Waals surface area contributed by atoms with Crippen LogP contribution >= 0.6 is 15.9 Å². The van der Waals surface area contributed by atoms with Gasteiger partial charge in [-0.1, -0.05) is 0 Å². The minimum absolute atomic E-state index is 0.199. The van der Waals surface area contributed by atoms with E-state index in [0.29, 0.717) is 15.9 Å². The Kier molecular flexibility index (Phi) is 2.11. The maximum Gasteiger partial charge on any atom is 0.260 e. The van der Waals surface area contributed by atoms with Gasteiger partial charge in [-0.25, -0.2) is 4.85 Å². The second kappa shape index (κ2) is 2.89. The van der Waals surface area contributed by atoms with Gasteiger partial charge in [-0.2, -0.15) is 0 Å². The highest BCUT2D eigenvalue weighted by atomic mass is 79.9. The fourth-order valence-corrected chi connectivity index (χ4v) is 1.02. The Labute approximate surface area is 72.0 Å². The van der Waals surface area contributed by atoms with E-state index in [4.69, 9.17) is 6.57 Å². The summed E-state index contributed by atoms with van der Waals surface area (Å²) in [4.78, 5) is 16.7. The molecule has 0 bridgehead atoms. The molecule has 0 aromatic carbocycles. The molecule has 56 valence electrons. The van der Waals surface area contributed by atoms with Gasteiger partial charge in [0, 0.05) is 5.69 Å². The zero-order valence-corrected chi connectivity index (χ0v) is 7.40. The van der Waals surface area contributed by atoms with Crippen molar-refractivity contribution in [1.29, 1.82) is 0 Å². The number of aromatic nitrogens is 1. The van der Waals surface area contributed by atoms with Crippen molar-refractivity contribution in [2.45, 2.75) is 6.92 Å². The molecule has 0 aliphatic carbocycles. The van der Waals surface area contributed by atoms with Crippen LogP contribution in [0.2, 0.25) is 0 Å². The first-order valence-corrected chi connectivity index (χ1v) is 3.71. The SMILES string of the molecule is [C-]#[N+]c1cc(Br)c(=O)[nH]c1C. The van der Waals surface area contributed by atoms with Gasteiger partial charge in [0.1, 0.15) is 0 Å². The lowest BCUT2D eigenvalue weighted by molar-refractivity contribution is 1.14. The van der Waals surface area contributed by atoms with Crippen LogP contribution in [0.4, 0.5) is 5.69 Å². The number of halogens is 1. The number of pyridine rings is 1. The van der Waals surface area contributed by atoms with Gasteiger partial charge in [0.25, 0.3) is 5.56 Å². The Morgan fingerprint density at radius 2 is 2.36 bits per heavy atom. The smallest absolute Gasteiger partial charge is 0.260 e. The Bertz CT molecular complexity index is 375. The molecule has 1 heterocycles. The fraction of sp³-hybridized carbons (Fsp3) is 0.143. The molecule has 1 rings (SSSR count). The van der Waals surface area contributed by atoms with E-state index in [2.05, 4.69) is 25.8 Å². The Morgan fingerprint density at radius 3 is 2.91 bits per heavy atom. The number of hydrogen-bond acceptors (Lipinski definition) is 1. The van der Waals surface area contributed by atoms with Gasteiger partial charge in [-0.3, -0.25) is 4.79 Å². The molecule has 0 saturated carbocycles. The summed E-state index contributed by atoms with van der Waals surface area (Å²) in [6.07, 6.45) is 0. The second-order valence-corrected chi connectivity index (χ2v) is 2.92. The largest absolute Gasteiger partial charge is 0.335 e. The van der Waals surface area contributed by atoms with Gasteiger partial charge in [-0.05, 0) is 28.9 Å². The summed E-state index contributed by atoms with van der Waals surface area (Å²) in [6, 6.07) is 1.52. The summed E-state index contributed by atoms with van der Waals surface area (Å²) >= 11 is 3.03. The summed E-state index contributed by atoms with van der Waals surface area (Å²) in [5.74, 6) is 0. The van der Waals surface area contributed by atoms with E-state index in [-0.39, 0.29) is 5.56 Å². The van der Waals surface area contributed by atoms with Crippen molar-refractivity contribution in [2.24, 2.45) is 0 Å². The highest BCUT2D eigenvalue weighted by molar-refractivity contribution is 9.10. The minimum atomic E-state index is -0.199. The molecule has 1 aromatic rings. The predicted molar refractivity (Wildman–Crippen MR) is 45.8 cm³/mol. The van der Waals surface area contributed by atoms with Crippen LogP contribution in [-0.4, -0.2) is 4.98 Å². The molecule has 0 unspecified atom stereocenters. The molecule has 1 N–H and O–H groups in total. The lowest BCUT2D eigenvalue weighted by Gasteiger charge is -1.95. The molecule has 0 saturated heterocycles. The van der Waals surface area contributed by atoms with Crippen molar-refractivity contribution in [3.8, 4) is 0 Å². The molecule has 4 heteroatoms. The average Bonchev–Trinajstić information content (AvgIpc) is 1.97. The predicted octanol–water partition coefficient (Wildman–Crippen LogP) is 2.00. The molecule has 0 aliphatic rings. The first-order valence-electron chi connectivity index (χ1n) is 2.92. The Balaban J connectivity index is 3.47. The number of aryl methyl sites for hydroxylation is 1. The van der Waals surface area contributed by atoms with Crippen LogP contribution in [0, 0.1) is 13.5 Å². The summed E-state index contributed by atoms with van der Waals surface area (Å²) in [7, 11) is 0. The number of nitrogens with one attached hydrogen (secondary N) is 1. The molecular formula is C7H5BrN2O. The van der Waals surface area contributed by atoms with Crippen LogP contribution in [0.5, 0.6) is 0 Å². The third kappa shape index (κ3) is 1.49. The third-order valence-corrected chi connectivity index (χ3v) is 1.88. The van der Waals surface area contributed by atoms with Gasteiger partial charge in [0.15, 0.2) is 0 Å². The van der Waals surface area contributed by atoms with Gasteiger partial charge in [-0.15, -0.1) is 0 Å². The molecule has 0 spiro atoms. The third-order valence-electron chi connectivity index (χ3n) is 1.29. The van der Waals surface area contributed by atoms with Crippen molar-refractivity contribution in [2.75, 3.05) is 0 Å². The molecule has 0 amide bonds. The number of aromatic amines is 1. The van der Waals surface area contributed by atoms with Crippen LogP contribution in [0.1, 0.15) is 5.69 Å². The molecule has 1 aromatic heterocycles. The van der Waals surface area contributed by atoms with Crippen LogP contribution in [0.25, 0.3) is 4.85 Å². The zero-order chi connectivity index (χ0) is 8.43. The van der Waals surface area contributed by atoms with E-state index in [1.165, 1.54) is 6.07 Å². The van der Waals surface area contributed by atoms with E-state index < -0.39 is 0 Å². The van der Waals surface area contributed by atoms with E-state index in [9.17, 15) is 4.79 Å². The molecule has 3 nitrogen and oxygen atoms in total. The first kappa shape index (κ1) is 8.02. The van der Waals surface area contributed by atoms with Gasteiger partial charge < -0.3 is 4.98 Å². The van der Waals surface area contributed by atoms with Crippen LogP contribution in [0.3, 0.4) is 0 Å².